The fraction of sp³-hybridized carbons (Fsp3) is 0.500. The molecule has 3 rings (SSSR count). The van der Waals surface area contributed by atoms with Crippen LogP contribution in [0.4, 0.5) is 0 Å². The molecule has 1 fully saturated rings. The molecule has 1 saturated heterocycles. The van der Waals surface area contributed by atoms with Gasteiger partial charge in [-0.1, -0.05) is 11.8 Å². The lowest BCUT2D eigenvalue weighted by Gasteiger charge is -2.47. The van der Waals surface area contributed by atoms with Crippen LogP contribution in [0.3, 0.4) is 0 Å². The molecule has 0 aromatic carbocycles. The Kier molecular flexibility index (Phi) is 4.15. The number of aromatic nitrogens is 3. The van der Waals surface area contributed by atoms with E-state index in [4.69, 9.17) is 0 Å². The molecule has 2 atom stereocenters. The van der Waals surface area contributed by atoms with Crippen molar-refractivity contribution in [3.05, 3.63) is 17.6 Å². The van der Waals surface area contributed by atoms with E-state index in [9.17, 15) is 19.8 Å². The van der Waals surface area contributed by atoms with E-state index in [1.165, 1.54) is 28.4 Å². The van der Waals surface area contributed by atoms with Gasteiger partial charge in [-0.05, 0) is 12.5 Å². The first-order valence-corrected chi connectivity index (χ1v) is 8.66. The highest BCUT2D eigenvalue weighted by atomic mass is 32.2. The van der Waals surface area contributed by atoms with Crippen LogP contribution in [0.25, 0.3) is 0 Å². The Morgan fingerprint density at radius 2 is 2.36 bits per heavy atom. The molecule has 0 radical (unpaired) electrons. The van der Waals surface area contributed by atoms with E-state index in [1.54, 1.807) is 6.33 Å². The molecule has 8 nitrogen and oxygen atoms in total. The van der Waals surface area contributed by atoms with Crippen molar-refractivity contribution in [3.63, 3.8) is 0 Å². The molecule has 3 heterocycles. The Labute approximate surface area is 134 Å². The molecule has 0 saturated carbocycles. The van der Waals surface area contributed by atoms with E-state index < -0.39 is 23.4 Å². The Bertz CT molecular complexity index is 659. The van der Waals surface area contributed by atoms with Gasteiger partial charge in [-0.2, -0.15) is 0 Å². The number of aliphatic hydroxyl groups is 1. The maximum absolute atomic E-state index is 11.7. The fourth-order valence-corrected chi connectivity index (χ4v) is 4.75. The molecule has 22 heavy (non-hydrogen) atoms. The summed E-state index contributed by atoms with van der Waals surface area (Å²) < 4.78 is 1.86. The average molecular weight is 342 g/mol. The molecule has 2 aliphatic rings. The summed E-state index contributed by atoms with van der Waals surface area (Å²) in [5.41, 5.74) is 0.652. The van der Waals surface area contributed by atoms with Crippen LogP contribution in [0, 0.1) is 0 Å². The van der Waals surface area contributed by atoms with E-state index in [-0.39, 0.29) is 5.70 Å². The largest absolute Gasteiger partial charge is 0.477 e. The van der Waals surface area contributed by atoms with Crippen molar-refractivity contribution in [2.24, 2.45) is 0 Å². The molecular weight excluding hydrogens is 328 g/mol. The van der Waals surface area contributed by atoms with Crippen molar-refractivity contribution in [2.45, 2.75) is 30.1 Å². The summed E-state index contributed by atoms with van der Waals surface area (Å²) in [4.78, 5) is 24.4. The first-order chi connectivity index (χ1) is 10.5. The number of β-lactam (4-membered cyclic amide) rings is 1. The van der Waals surface area contributed by atoms with Crippen LogP contribution in [0.5, 0.6) is 0 Å². The predicted molar refractivity (Wildman–Crippen MR) is 80.2 cm³/mol. The van der Waals surface area contributed by atoms with Gasteiger partial charge in [0, 0.05) is 18.1 Å². The van der Waals surface area contributed by atoms with Crippen LogP contribution in [-0.2, 0) is 16.1 Å². The molecule has 0 aliphatic carbocycles. The number of rotatable bonds is 5. The molecule has 0 spiro atoms. The van der Waals surface area contributed by atoms with Crippen LogP contribution >= 0.6 is 23.5 Å². The highest BCUT2D eigenvalue weighted by Gasteiger charge is 2.52. The quantitative estimate of drug-likeness (QED) is 0.569. The van der Waals surface area contributed by atoms with Crippen LogP contribution in [0.2, 0.25) is 0 Å². The summed E-state index contributed by atoms with van der Waals surface area (Å²) in [6.07, 6.45) is 0.521. The third kappa shape index (κ3) is 2.40. The van der Waals surface area contributed by atoms with Crippen LogP contribution in [0.1, 0.15) is 6.92 Å². The highest BCUT2D eigenvalue weighted by Crippen LogP contribution is 2.41. The Balaban J connectivity index is 1.81. The number of aliphatic hydroxyl groups excluding tert-OH is 1. The van der Waals surface area contributed by atoms with Gasteiger partial charge < -0.3 is 14.8 Å². The number of carbonyl (C=O) groups is 2. The van der Waals surface area contributed by atoms with Crippen molar-refractivity contribution < 1.29 is 19.8 Å². The number of amides is 1. The minimum atomic E-state index is -1.14. The van der Waals surface area contributed by atoms with Gasteiger partial charge in [-0.15, -0.1) is 22.0 Å². The van der Waals surface area contributed by atoms with E-state index in [1.807, 2.05) is 11.5 Å². The van der Waals surface area contributed by atoms with Gasteiger partial charge in [-0.25, -0.2) is 4.79 Å². The van der Waals surface area contributed by atoms with Gasteiger partial charge in [0.1, 0.15) is 17.4 Å². The van der Waals surface area contributed by atoms with Crippen LogP contribution in [-0.4, -0.2) is 64.7 Å². The summed E-state index contributed by atoms with van der Waals surface area (Å²) >= 11 is 2.77. The normalized spacial score (nSPS) is 24.3. The summed E-state index contributed by atoms with van der Waals surface area (Å²) in [7, 11) is 0. The summed E-state index contributed by atoms with van der Waals surface area (Å²) in [6.45, 7) is 2.70. The SMILES string of the molecule is CCn1cnnc1SCC1=C(C(=O)O)N2C(=O)[C@@H](O)[C@@H]2SC1. The maximum atomic E-state index is 11.7. The first-order valence-electron chi connectivity index (χ1n) is 6.63. The number of fused-ring (bicyclic) bond motifs is 1. The van der Waals surface area contributed by atoms with Crippen molar-refractivity contribution in [1.29, 1.82) is 0 Å². The number of thioether (sulfide) groups is 2. The van der Waals surface area contributed by atoms with Crippen LogP contribution < -0.4 is 0 Å². The van der Waals surface area contributed by atoms with Crippen molar-refractivity contribution >= 4 is 35.4 Å². The van der Waals surface area contributed by atoms with Gasteiger partial charge in [0.25, 0.3) is 5.91 Å². The van der Waals surface area contributed by atoms with Gasteiger partial charge in [-0.3, -0.25) is 9.69 Å². The zero-order chi connectivity index (χ0) is 15.9. The number of hydrogen-bond acceptors (Lipinski definition) is 7. The van der Waals surface area contributed by atoms with Crippen LogP contribution in [0.15, 0.2) is 22.8 Å². The molecule has 1 aromatic rings. The third-order valence-electron chi connectivity index (χ3n) is 3.52. The average Bonchev–Trinajstić information content (AvgIpc) is 2.98. The Morgan fingerprint density at radius 1 is 1.59 bits per heavy atom. The van der Waals surface area contributed by atoms with Crippen molar-refractivity contribution in [2.75, 3.05) is 11.5 Å². The first kappa shape index (κ1) is 15.4. The van der Waals surface area contributed by atoms with E-state index >= 15 is 0 Å². The summed E-state index contributed by atoms with van der Waals surface area (Å²) in [6, 6.07) is 0. The number of carboxylic acid groups (broad SMARTS) is 1. The topological polar surface area (TPSA) is 109 Å². The molecule has 2 N–H and O–H groups in total. The number of aliphatic carboxylic acids is 1. The lowest BCUT2D eigenvalue weighted by molar-refractivity contribution is -0.159. The standard InChI is InChI=1S/C12H14N4O4S2/c1-2-15-5-13-14-12(15)22-4-6-3-21-10-8(17)9(18)16(10)7(6)11(19)20/h5,8,10,17H,2-4H2,1H3,(H,19,20)/t8-,10+/m1/s1. The summed E-state index contributed by atoms with van der Waals surface area (Å²) in [5, 5.41) is 27.1. The number of carbonyl (C=O) groups excluding carboxylic acids is 1. The second-order valence-corrected chi connectivity index (χ2v) is 6.85. The second kappa shape index (κ2) is 5.94. The molecule has 0 bridgehead atoms. The number of aryl methyl sites for hydroxylation is 1. The number of carboxylic acids is 1. The lowest BCUT2D eigenvalue weighted by Crippen LogP contribution is -2.64. The maximum Gasteiger partial charge on any atom is 0.352 e. The monoisotopic (exact) mass is 342 g/mol. The predicted octanol–water partition coefficient (Wildman–Crippen LogP) is 0.00480. The smallest absolute Gasteiger partial charge is 0.352 e. The van der Waals surface area contributed by atoms with Crippen molar-refractivity contribution in [1.82, 2.24) is 19.7 Å². The van der Waals surface area contributed by atoms with Gasteiger partial charge in [0.05, 0.1) is 0 Å². The molecule has 118 valence electrons. The third-order valence-corrected chi connectivity index (χ3v) is 5.91. The lowest BCUT2D eigenvalue weighted by atomic mass is 10.1. The van der Waals surface area contributed by atoms with E-state index in [0.717, 1.165) is 6.54 Å². The van der Waals surface area contributed by atoms with Gasteiger partial charge >= 0.3 is 5.97 Å². The second-order valence-electron chi connectivity index (χ2n) is 4.80. The highest BCUT2D eigenvalue weighted by molar-refractivity contribution is 8.01. The molecule has 10 heteroatoms. The molecular formula is C12H14N4O4S2. The minimum absolute atomic E-state index is 0.00545. The van der Waals surface area contributed by atoms with E-state index in [0.29, 0.717) is 22.2 Å². The zero-order valence-electron chi connectivity index (χ0n) is 11.7. The number of hydrogen-bond donors (Lipinski definition) is 2. The molecule has 1 aromatic heterocycles. The van der Waals surface area contributed by atoms with Gasteiger partial charge in [0.15, 0.2) is 11.3 Å². The minimum Gasteiger partial charge on any atom is -0.477 e. The zero-order valence-corrected chi connectivity index (χ0v) is 13.3. The summed E-state index contributed by atoms with van der Waals surface area (Å²) in [5.74, 6) is -0.799. The molecule has 1 amide bonds. The molecule has 2 aliphatic heterocycles. The Morgan fingerprint density at radius 3 is 3.05 bits per heavy atom. The Hall–Kier alpha value is -1.52. The van der Waals surface area contributed by atoms with E-state index in [2.05, 4.69) is 10.2 Å². The fourth-order valence-electron chi connectivity index (χ4n) is 2.37. The van der Waals surface area contributed by atoms with Crippen molar-refractivity contribution in [3.8, 4) is 0 Å². The molecule has 0 unspecified atom stereocenters. The number of nitrogens with zero attached hydrogens (tertiary/aromatic N) is 4. The van der Waals surface area contributed by atoms with Gasteiger partial charge in [0.2, 0.25) is 0 Å².